The first-order chi connectivity index (χ1) is 11.1. The van der Waals surface area contributed by atoms with Gasteiger partial charge in [-0.05, 0) is 35.9 Å². The number of benzene rings is 2. The minimum Gasteiger partial charge on any atom is -0.508 e. The minimum atomic E-state index is -0.531. The summed E-state index contributed by atoms with van der Waals surface area (Å²) in [5, 5.41) is 28.6. The molecule has 0 aliphatic rings. The van der Waals surface area contributed by atoms with Gasteiger partial charge in [-0.25, -0.2) is 0 Å². The van der Waals surface area contributed by atoms with Gasteiger partial charge in [-0.2, -0.15) is 5.26 Å². The molecule has 112 valence electrons. The Balaban J connectivity index is 2.27. The van der Waals surface area contributed by atoms with Crippen molar-refractivity contribution in [2.45, 2.75) is 0 Å². The van der Waals surface area contributed by atoms with Gasteiger partial charge in [0.1, 0.15) is 23.1 Å². The lowest BCUT2D eigenvalue weighted by Crippen LogP contribution is -2.12. The van der Waals surface area contributed by atoms with Crippen LogP contribution in [-0.2, 0) is 0 Å². The summed E-state index contributed by atoms with van der Waals surface area (Å²) in [6.45, 7) is 0. The number of nitriles is 1. The normalized spacial score (nSPS) is 10.2. The third-order valence-corrected chi connectivity index (χ3v) is 3.52. The zero-order valence-corrected chi connectivity index (χ0v) is 11.9. The molecule has 0 amide bonds. The Hall–Kier alpha value is -3.52. The highest BCUT2D eigenvalue weighted by Gasteiger charge is 2.14. The number of aromatic amines is 1. The molecule has 3 rings (SSSR count). The number of para-hydroxylation sites is 1. The molecule has 0 saturated heterocycles. The molecule has 0 saturated carbocycles. The van der Waals surface area contributed by atoms with Gasteiger partial charge in [0.25, 0.3) is 5.56 Å². The van der Waals surface area contributed by atoms with E-state index in [0.29, 0.717) is 22.4 Å². The van der Waals surface area contributed by atoms with Crippen LogP contribution in [0.3, 0.4) is 0 Å². The molecule has 0 bridgehead atoms. The van der Waals surface area contributed by atoms with Gasteiger partial charge in [0.2, 0.25) is 0 Å². The molecule has 0 aliphatic heterocycles. The number of hydrogen-bond acceptors (Lipinski definition) is 4. The number of hydrogen-bond donors (Lipinski definition) is 3. The number of aromatic hydroxyl groups is 2. The molecular formula is C18H12N2O3. The van der Waals surface area contributed by atoms with Crippen LogP contribution in [0, 0.1) is 11.3 Å². The highest BCUT2D eigenvalue weighted by molar-refractivity contribution is 5.77. The van der Waals surface area contributed by atoms with E-state index in [0.717, 1.165) is 0 Å². The second kappa shape index (κ2) is 5.70. The molecule has 2 aromatic carbocycles. The highest BCUT2D eigenvalue weighted by atomic mass is 16.3. The lowest BCUT2D eigenvalue weighted by molar-refractivity contribution is 0.475. The van der Waals surface area contributed by atoms with Crippen LogP contribution < -0.4 is 5.56 Å². The average molecular weight is 304 g/mol. The molecule has 1 aromatic heterocycles. The van der Waals surface area contributed by atoms with Crippen LogP contribution in [0.1, 0.15) is 5.56 Å². The van der Waals surface area contributed by atoms with Crippen LogP contribution in [0.2, 0.25) is 0 Å². The lowest BCUT2D eigenvalue weighted by Gasteiger charge is -2.09. The van der Waals surface area contributed by atoms with E-state index in [1.165, 1.54) is 18.2 Å². The molecule has 3 aromatic rings. The smallest absolute Gasteiger partial charge is 0.266 e. The molecule has 0 spiro atoms. The van der Waals surface area contributed by atoms with Crippen molar-refractivity contribution in [2.24, 2.45) is 0 Å². The van der Waals surface area contributed by atoms with Crippen LogP contribution in [0.4, 0.5) is 0 Å². The van der Waals surface area contributed by atoms with Crippen LogP contribution >= 0.6 is 0 Å². The van der Waals surface area contributed by atoms with Gasteiger partial charge >= 0.3 is 0 Å². The number of nitrogens with zero attached hydrogens (tertiary/aromatic N) is 1. The minimum absolute atomic E-state index is 0.0186. The number of H-pyrrole nitrogens is 1. The Morgan fingerprint density at radius 1 is 0.957 bits per heavy atom. The highest BCUT2D eigenvalue weighted by Crippen LogP contribution is 2.31. The largest absolute Gasteiger partial charge is 0.508 e. The fraction of sp³-hybridized carbons (Fsp3) is 0. The Labute approximate surface area is 131 Å². The molecule has 3 N–H and O–H groups in total. The van der Waals surface area contributed by atoms with Crippen molar-refractivity contribution in [1.29, 1.82) is 5.26 Å². The average Bonchev–Trinajstić information content (AvgIpc) is 2.55. The van der Waals surface area contributed by atoms with Gasteiger partial charge in [-0.15, -0.1) is 0 Å². The Bertz CT molecular complexity index is 967. The van der Waals surface area contributed by atoms with Crippen LogP contribution in [0.25, 0.3) is 22.4 Å². The van der Waals surface area contributed by atoms with Crippen molar-refractivity contribution in [2.75, 3.05) is 0 Å². The van der Waals surface area contributed by atoms with E-state index in [1.54, 1.807) is 36.4 Å². The molecule has 23 heavy (non-hydrogen) atoms. The van der Waals surface area contributed by atoms with Gasteiger partial charge in [0.15, 0.2) is 0 Å². The van der Waals surface area contributed by atoms with Crippen molar-refractivity contribution in [3.05, 3.63) is 70.5 Å². The summed E-state index contributed by atoms with van der Waals surface area (Å²) in [6.07, 6.45) is 0. The molecule has 1 heterocycles. The van der Waals surface area contributed by atoms with E-state index in [2.05, 4.69) is 4.98 Å². The second-order valence-corrected chi connectivity index (χ2v) is 4.98. The van der Waals surface area contributed by atoms with E-state index in [1.807, 2.05) is 6.07 Å². The van der Waals surface area contributed by atoms with Gasteiger partial charge in [-0.3, -0.25) is 4.79 Å². The first-order valence-electron chi connectivity index (χ1n) is 6.85. The second-order valence-electron chi connectivity index (χ2n) is 4.98. The van der Waals surface area contributed by atoms with E-state index >= 15 is 0 Å². The molecule has 0 unspecified atom stereocenters. The molecule has 5 heteroatoms. The Morgan fingerprint density at radius 3 is 2.30 bits per heavy atom. The maximum Gasteiger partial charge on any atom is 0.266 e. The summed E-state index contributed by atoms with van der Waals surface area (Å²) in [7, 11) is 0. The zero-order valence-electron chi connectivity index (χ0n) is 11.9. The Morgan fingerprint density at radius 2 is 1.65 bits per heavy atom. The fourth-order valence-electron chi connectivity index (χ4n) is 2.39. The van der Waals surface area contributed by atoms with Crippen molar-refractivity contribution in [3.63, 3.8) is 0 Å². The number of aromatic nitrogens is 1. The summed E-state index contributed by atoms with van der Waals surface area (Å²) in [5.41, 5.74) is 1.40. The molecular weight excluding hydrogens is 292 g/mol. The van der Waals surface area contributed by atoms with Crippen molar-refractivity contribution in [3.8, 4) is 40.0 Å². The van der Waals surface area contributed by atoms with Crippen molar-refractivity contribution >= 4 is 0 Å². The SMILES string of the molecule is N#Cc1c(-c2ccc(O)cc2)cc(-c2ccccc2O)[nH]c1=O. The third-order valence-electron chi connectivity index (χ3n) is 3.52. The van der Waals surface area contributed by atoms with Gasteiger partial charge in [-0.1, -0.05) is 24.3 Å². The van der Waals surface area contributed by atoms with E-state index < -0.39 is 5.56 Å². The number of pyridine rings is 1. The van der Waals surface area contributed by atoms with E-state index in [-0.39, 0.29) is 17.1 Å². The van der Waals surface area contributed by atoms with Gasteiger partial charge in [0, 0.05) is 11.1 Å². The fourth-order valence-corrected chi connectivity index (χ4v) is 2.39. The summed E-state index contributed by atoms with van der Waals surface area (Å²) >= 11 is 0. The van der Waals surface area contributed by atoms with Crippen molar-refractivity contribution in [1.82, 2.24) is 4.98 Å². The number of phenolic OH excluding ortho intramolecular Hbond substituents is 2. The summed E-state index contributed by atoms with van der Waals surface area (Å²) in [5.74, 6) is 0.127. The van der Waals surface area contributed by atoms with Crippen LogP contribution in [0.15, 0.2) is 59.4 Å². The number of phenols is 2. The van der Waals surface area contributed by atoms with E-state index in [9.17, 15) is 20.3 Å². The predicted octanol–water partition coefficient (Wildman–Crippen LogP) is 2.99. The molecule has 0 atom stereocenters. The Kier molecular flexibility index (Phi) is 3.57. The molecule has 0 fully saturated rings. The maximum atomic E-state index is 12.2. The summed E-state index contributed by atoms with van der Waals surface area (Å²) in [6, 6.07) is 16.4. The van der Waals surface area contributed by atoms with Crippen LogP contribution in [-0.4, -0.2) is 15.2 Å². The monoisotopic (exact) mass is 304 g/mol. The summed E-state index contributed by atoms with van der Waals surface area (Å²) in [4.78, 5) is 14.8. The number of rotatable bonds is 2. The zero-order chi connectivity index (χ0) is 16.4. The first-order valence-corrected chi connectivity index (χ1v) is 6.85. The van der Waals surface area contributed by atoms with E-state index in [4.69, 9.17) is 0 Å². The third kappa shape index (κ3) is 2.65. The standard InChI is InChI=1S/C18H12N2O3/c19-10-15-14(11-5-7-12(21)8-6-11)9-16(20-18(15)23)13-3-1-2-4-17(13)22/h1-9,21-22H,(H,20,23). The maximum absolute atomic E-state index is 12.2. The van der Waals surface area contributed by atoms with Crippen LogP contribution in [0.5, 0.6) is 11.5 Å². The number of nitrogens with one attached hydrogen (secondary N) is 1. The van der Waals surface area contributed by atoms with Gasteiger partial charge < -0.3 is 15.2 Å². The molecule has 5 nitrogen and oxygen atoms in total. The van der Waals surface area contributed by atoms with Gasteiger partial charge in [0.05, 0.1) is 5.69 Å². The first kappa shape index (κ1) is 14.4. The molecule has 0 aliphatic carbocycles. The lowest BCUT2D eigenvalue weighted by atomic mass is 9.99. The summed E-state index contributed by atoms with van der Waals surface area (Å²) < 4.78 is 0. The topological polar surface area (TPSA) is 97.1 Å². The van der Waals surface area contributed by atoms with Crippen molar-refractivity contribution < 1.29 is 10.2 Å². The predicted molar refractivity (Wildman–Crippen MR) is 86.0 cm³/mol. The quantitative estimate of drug-likeness (QED) is 0.678. The molecule has 0 radical (unpaired) electrons.